The van der Waals surface area contributed by atoms with Crippen molar-refractivity contribution in [3.05, 3.63) is 34.7 Å². The minimum absolute atomic E-state index is 0.0384. The monoisotopic (exact) mass is 355 g/mol. The number of hydrogen-bond donors (Lipinski definition) is 1. The number of thiocarbonyl (C=S) groups is 1. The van der Waals surface area contributed by atoms with Gasteiger partial charge in [0.05, 0.1) is 22.5 Å². The van der Waals surface area contributed by atoms with Gasteiger partial charge in [-0.05, 0) is 18.6 Å². The van der Waals surface area contributed by atoms with Crippen LogP contribution in [-0.4, -0.2) is 46.2 Å². The van der Waals surface area contributed by atoms with E-state index in [2.05, 4.69) is 0 Å². The second kappa shape index (κ2) is 5.68. The van der Waals surface area contributed by atoms with E-state index in [0.29, 0.717) is 21.2 Å². The van der Waals surface area contributed by atoms with E-state index < -0.39 is 9.84 Å². The highest BCUT2D eigenvalue weighted by atomic mass is 32.2. The number of benzene rings is 1. The van der Waals surface area contributed by atoms with Crippen molar-refractivity contribution < 1.29 is 18.3 Å². The molecule has 0 bridgehead atoms. The molecule has 8 heteroatoms. The molecule has 2 heterocycles. The van der Waals surface area contributed by atoms with Crippen LogP contribution in [0, 0.1) is 0 Å². The topological polar surface area (TPSA) is 74.7 Å². The molecule has 1 atom stereocenters. The summed E-state index contributed by atoms with van der Waals surface area (Å²) in [6.45, 7) is 0. The van der Waals surface area contributed by atoms with Crippen molar-refractivity contribution in [2.45, 2.75) is 12.5 Å². The number of carbonyl (C=O) groups excluding carboxylic acids is 1. The minimum Gasteiger partial charge on any atom is -0.507 e. The molecule has 116 valence electrons. The number of sulfone groups is 1. The molecule has 0 saturated carbocycles. The number of thioether (sulfide) groups is 1. The molecule has 1 N–H and O–H groups in total. The Bertz CT molecular complexity index is 785. The second-order valence-electron chi connectivity index (χ2n) is 5.17. The lowest BCUT2D eigenvalue weighted by atomic mass is 10.1. The van der Waals surface area contributed by atoms with Crippen molar-refractivity contribution in [3.8, 4) is 5.75 Å². The van der Waals surface area contributed by atoms with Crippen molar-refractivity contribution in [1.29, 1.82) is 0 Å². The molecule has 5 nitrogen and oxygen atoms in total. The molecule has 22 heavy (non-hydrogen) atoms. The number of rotatable bonds is 2. The van der Waals surface area contributed by atoms with Crippen LogP contribution in [0.15, 0.2) is 29.2 Å². The highest BCUT2D eigenvalue weighted by molar-refractivity contribution is 8.26. The van der Waals surface area contributed by atoms with E-state index in [1.165, 1.54) is 11.0 Å². The molecule has 1 aromatic carbocycles. The molecule has 0 aliphatic carbocycles. The molecule has 0 radical (unpaired) electrons. The van der Waals surface area contributed by atoms with Gasteiger partial charge in [0.1, 0.15) is 10.1 Å². The van der Waals surface area contributed by atoms with E-state index in [0.717, 1.165) is 11.8 Å². The summed E-state index contributed by atoms with van der Waals surface area (Å²) in [6.07, 6.45) is 2.00. The van der Waals surface area contributed by atoms with Crippen LogP contribution < -0.4 is 0 Å². The van der Waals surface area contributed by atoms with Gasteiger partial charge in [-0.1, -0.05) is 42.2 Å². The van der Waals surface area contributed by atoms with Crippen LogP contribution in [0.5, 0.6) is 5.75 Å². The predicted molar refractivity (Wildman–Crippen MR) is 90.2 cm³/mol. The van der Waals surface area contributed by atoms with Gasteiger partial charge < -0.3 is 5.11 Å². The average Bonchev–Trinajstić information content (AvgIpc) is 2.92. The van der Waals surface area contributed by atoms with Crippen molar-refractivity contribution in [2.75, 3.05) is 11.5 Å². The predicted octanol–water partition coefficient (Wildman–Crippen LogP) is 1.78. The Kier molecular flexibility index (Phi) is 4.00. The molecule has 1 aromatic rings. The summed E-state index contributed by atoms with van der Waals surface area (Å²) in [5.74, 6) is -0.159. The maximum absolute atomic E-state index is 12.5. The molecular weight excluding hydrogens is 342 g/mol. The zero-order chi connectivity index (χ0) is 15.9. The molecule has 2 aliphatic rings. The molecule has 1 amide bonds. The van der Waals surface area contributed by atoms with E-state index in [4.69, 9.17) is 12.2 Å². The SMILES string of the molecule is O=C1/C(=C/c2ccccc2O)SC(=S)N1[C@H]1CCS(=O)(=O)C1. The molecule has 0 aromatic heterocycles. The highest BCUT2D eigenvalue weighted by Crippen LogP contribution is 2.37. The maximum Gasteiger partial charge on any atom is 0.266 e. The number of hydrogen-bond acceptors (Lipinski definition) is 6. The van der Waals surface area contributed by atoms with Crippen LogP contribution in [0.3, 0.4) is 0 Å². The number of nitrogens with zero attached hydrogens (tertiary/aromatic N) is 1. The molecule has 0 unspecified atom stereocenters. The molecular formula is C14H13NO4S3. The third-order valence-corrected chi connectivity index (χ3v) is 6.70. The first-order valence-electron chi connectivity index (χ1n) is 6.63. The average molecular weight is 355 g/mol. The Labute approximate surface area is 137 Å². The summed E-state index contributed by atoms with van der Waals surface area (Å²) in [6, 6.07) is 6.31. The summed E-state index contributed by atoms with van der Waals surface area (Å²) < 4.78 is 23.6. The number of carbonyl (C=O) groups is 1. The second-order valence-corrected chi connectivity index (χ2v) is 9.07. The lowest BCUT2D eigenvalue weighted by Crippen LogP contribution is -2.39. The summed E-state index contributed by atoms with van der Waals surface area (Å²) in [5, 5.41) is 9.78. The van der Waals surface area contributed by atoms with E-state index in [9.17, 15) is 18.3 Å². The van der Waals surface area contributed by atoms with Crippen molar-refractivity contribution in [3.63, 3.8) is 0 Å². The maximum atomic E-state index is 12.5. The lowest BCUT2D eigenvalue weighted by molar-refractivity contribution is -0.123. The summed E-state index contributed by atoms with van der Waals surface area (Å²) in [4.78, 5) is 14.3. The van der Waals surface area contributed by atoms with E-state index in [-0.39, 0.29) is 29.2 Å². The highest BCUT2D eigenvalue weighted by Gasteiger charge is 2.42. The Morgan fingerprint density at radius 3 is 2.73 bits per heavy atom. The molecule has 2 saturated heterocycles. The Balaban J connectivity index is 1.88. The summed E-state index contributed by atoms with van der Waals surface area (Å²) in [7, 11) is -3.09. The van der Waals surface area contributed by atoms with Crippen molar-refractivity contribution >= 4 is 50.1 Å². The van der Waals surface area contributed by atoms with Crippen LogP contribution >= 0.6 is 24.0 Å². The largest absolute Gasteiger partial charge is 0.507 e. The fourth-order valence-electron chi connectivity index (χ4n) is 2.52. The first kappa shape index (κ1) is 15.5. The standard InChI is InChI=1S/C14H13NO4S3/c16-11-4-2-1-3-9(11)7-12-13(17)15(14(20)21-12)10-5-6-22(18,19)8-10/h1-4,7,10,16H,5-6,8H2/b12-7-/t10-/m0/s1. The molecule has 2 fully saturated rings. The fraction of sp³-hybridized carbons (Fsp3) is 0.286. The van der Waals surface area contributed by atoms with E-state index in [1.807, 2.05) is 0 Å². The normalized spacial score (nSPS) is 26.1. The Morgan fingerprint density at radius 1 is 1.36 bits per heavy atom. The molecule has 0 spiro atoms. The first-order valence-corrected chi connectivity index (χ1v) is 9.67. The number of aromatic hydroxyl groups is 1. The first-order chi connectivity index (χ1) is 10.4. The Hall–Kier alpha value is -1.38. The van der Waals surface area contributed by atoms with Gasteiger partial charge in [-0.15, -0.1) is 0 Å². The van der Waals surface area contributed by atoms with Gasteiger partial charge in [0.2, 0.25) is 0 Å². The zero-order valence-corrected chi connectivity index (χ0v) is 13.9. The zero-order valence-electron chi connectivity index (χ0n) is 11.4. The van der Waals surface area contributed by atoms with Gasteiger partial charge in [-0.25, -0.2) is 8.42 Å². The van der Waals surface area contributed by atoms with Crippen LogP contribution in [-0.2, 0) is 14.6 Å². The number of phenols is 1. The number of phenolic OH excluding ortho intramolecular Hbond substituents is 1. The van der Waals surface area contributed by atoms with Crippen molar-refractivity contribution in [1.82, 2.24) is 4.90 Å². The van der Waals surface area contributed by atoms with Gasteiger partial charge in [-0.2, -0.15) is 0 Å². The Morgan fingerprint density at radius 2 is 2.09 bits per heavy atom. The van der Waals surface area contributed by atoms with Crippen LogP contribution in [0.4, 0.5) is 0 Å². The van der Waals surface area contributed by atoms with Gasteiger partial charge in [0.15, 0.2) is 9.84 Å². The fourth-order valence-corrected chi connectivity index (χ4v) is 5.62. The molecule has 3 rings (SSSR count). The van der Waals surface area contributed by atoms with Gasteiger partial charge in [0.25, 0.3) is 5.91 Å². The van der Waals surface area contributed by atoms with Gasteiger partial charge in [-0.3, -0.25) is 9.69 Å². The quantitative estimate of drug-likeness (QED) is 0.644. The number of para-hydroxylation sites is 1. The van der Waals surface area contributed by atoms with E-state index >= 15 is 0 Å². The number of amides is 1. The minimum atomic E-state index is -3.09. The smallest absolute Gasteiger partial charge is 0.266 e. The van der Waals surface area contributed by atoms with Crippen LogP contribution in [0.2, 0.25) is 0 Å². The summed E-state index contributed by atoms with van der Waals surface area (Å²) in [5.41, 5.74) is 0.530. The molecule has 2 aliphatic heterocycles. The summed E-state index contributed by atoms with van der Waals surface area (Å²) >= 11 is 6.36. The van der Waals surface area contributed by atoms with Crippen LogP contribution in [0.1, 0.15) is 12.0 Å². The van der Waals surface area contributed by atoms with Gasteiger partial charge >= 0.3 is 0 Å². The third-order valence-electron chi connectivity index (χ3n) is 3.62. The van der Waals surface area contributed by atoms with Gasteiger partial charge in [0, 0.05) is 5.56 Å². The van der Waals surface area contributed by atoms with Crippen LogP contribution in [0.25, 0.3) is 6.08 Å². The van der Waals surface area contributed by atoms with Crippen molar-refractivity contribution in [2.24, 2.45) is 0 Å². The van der Waals surface area contributed by atoms with E-state index in [1.54, 1.807) is 24.3 Å². The third kappa shape index (κ3) is 2.90. The lowest BCUT2D eigenvalue weighted by Gasteiger charge is -2.20.